The number of aliphatic imine (C=N–C) groups is 1. The zero-order valence-corrected chi connectivity index (χ0v) is 13.5. The van der Waals surface area contributed by atoms with Crippen LogP contribution in [0.5, 0.6) is 0 Å². The predicted molar refractivity (Wildman–Crippen MR) is 87.4 cm³/mol. The van der Waals surface area contributed by atoms with E-state index in [0.717, 1.165) is 36.3 Å². The van der Waals surface area contributed by atoms with Crippen LogP contribution in [0.25, 0.3) is 6.08 Å². The zero-order chi connectivity index (χ0) is 14.7. The van der Waals surface area contributed by atoms with Gasteiger partial charge >= 0.3 is 0 Å². The van der Waals surface area contributed by atoms with Crippen LogP contribution in [-0.2, 0) is 9.53 Å². The van der Waals surface area contributed by atoms with Crippen molar-refractivity contribution in [3.63, 3.8) is 0 Å². The number of carbonyl (C=O) groups is 1. The number of nitrogens with zero attached hydrogens (tertiary/aromatic N) is 3. The smallest absolute Gasteiger partial charge is 0.279 e. The molecule has 0 atom stereocenters. The van der Waals surface area contributed by atoms with Gasteiger partial charge in [0, 0.05) is 18.0 Å². The Kier molecular flexibility index (Phi) is 4.74. The van der Waals surface area contributed by atoms with Gasteiger partial charge in [-0.3, -0.25) is 14.6 Å². The Morgan fingerprint density at radius 2 is 2.29 bits per heavy atom. The van der Waals surface area contributed by atoms with Gasteiger partial charge in [0.05, 0.1) is 19.9 Å². The first kappa shape index (κ1) is 14.8. The minimum Gasteiger partial charge on any atom is -0.379 e. The van der Waals surface area contributed by atoms with Gasteiger partial charge in [0.25, 0.3) is 5.91 Å². The third-order valence-corrected chi connectivity index (χ3v) is 4.86. The molecule has 0 saturated carbocycles. The van der Waals surface area contributed by atoms with Crippen LogP contribution >= 0.6 is 23.1 Å². The van der Waals surface area contributed by atoms with E-state index < -0.39 is 0 Å². The van der Waals surface area contributed by atoms with Crippen LogP contribution in [0.3, 0.4) is 0 Å². The van der Waals surface area contributed by atoms with E-state index in [0.29, 0.717) is 12.4 Å². The van der Waals surface area contributed by atoms with Gasteiger partial charge in [0.1, 0.15) is 5.70 Å². The van der Waals surface area contributed by atoms with Crippen molar-refractivity contribution in [2.45, 2.75) is 0 Å². The summed E-state index contributed by atoms with van der Waals surface area (Å²) in [6.45, 7) is 3.76. The first-order valence-electron chi connectivity index (χ1n) is 6.78. The molecular weight excluding hydrogens is 306 g/mol. The highest BCUT2D eigenvalue weighted by atomic mass is 32.2. The Balaban J connectivity index is 1.75. The molecule has 1 aromatic rings. The van der Waals surface area contributed by atoms with E-state index in [1.807, 2.05) is 29.8 Å². The minimum absolute atomic E-state index is 0.0146. The van der Waals surface area contributed by atoms with Crippen LogP contribution in [-0.4, -0.2) is 60.1 Å². The van der Waals surface area contributed by atoms with E-state index in [1.54, 1.807) is 16.2 Å². The lowest BCUT2D eigenvalue weighted by Gasteiger charge is -2.30. The second-order valence-corrected chi connectivity index (χ2v) is 6.50. The summed E-state index contributed by atoms with van der Waals surface area (Å²) in [5.41, 5.74) is 0.523. The highest BCUT2D eigenvalue weighted by Crippen LogP contribution is 2.24. The second-order valence-electron chi connectivity index (χ2n) is 4.75. The van der Waals surface area contributed by atoms with Crippen molar-refractivity contribution < 1.29 is 9.53 Å². The highest BCUT2D eigenvalue weighted by Gasteiger charge is 2.31. The number of rotatable bonds is 3. The van der Waals surface area contributed by atoms with E-state index in [-0.39, 0.29) is 5.91 Å². The fraction of sp³-hybridized carbons (Fsp3) is 0.429. The van der Waals surface area contributed by atoms with Gasteiger partial charge in [-0.25, -0.2) is 4.99 Å². The summed E-state index contributed by atoms with van der Waals surface area (Å²) in [6, 6.07) is 3.96. The summed E-state index contributed by atoms with van der Waals surface area (Å²) in [5.74, 6) is -0.0146. The molecule has 0 radical (unpaired) electrons. The van der Waals surface area contributed by atoms with Crippen molar-refractivity contribution in [1.82, 2.24) is 9.80 Å². The van der Waals surface area contributed by atoms with Crippen LogP contribution < -0.4 is 0 Å². The number of thioether (sulfide) groups is 1. The maximum absolute atomic E-state index is 12.6. The minimum atomic E-state index is -0.0146. The summed E-state index contributed by atoms with van der Waals surface area (Å²) < 4.78 is 5.34. The molecule has 2 aliphatic rings. The Labute approximate surface area is 132 Å². The highest BCUT2D eigenvalue weighted by molar-refractivity contribution is 8.13. The van der Waals surface area contributed by atoms with Gasteiger partial charge in [-0.05, 0) is 23.8 Å². The van der Waals surface area contributed by atoms with Crippen molar-refractivity contribution in [2.24, 2.45) is 4.99 Å². The largest absolute Gasteiger partial charge is 0.379 e. The first-order chi connectivity index (χ1) is 10.3. The maximum Gasteiger partial charge on any atom is 0.279 e. The van der Waals surface area contributed by atoms with Crippen molar-refractivity contribution in [3.8, 4) is 0 Å². The molecule has 7 heteroatoms. The predicted octanol–water partition coefficient (Wildman–Crippen LogP) is 1.94. The average molecular weight is 323 g/mol. The topological polar surface area (TPSA) is 45.1 Å². The number of ether oxygens (including phenoxy) is 1. The molecule has 21 heavy (non-hydrogen) atoms. The molecule has 5 nitrogen and oxygen atoms in total. The van der Waals surface area contributed by atoms with Gasteiger partial charge in [0.15, 0.2) is 5.17 Å². The Hall–Kier alpha value is -1.15. The van der Waals surface area contributed by atoms with E-state index >= 15 is 0 Å². The second kappa shape index (κ2) is 6.74. The summed E-state index contributed by atoms with van der Waals surface area (Å²) in [7, 11) is 0. The van der Waals surface area contributed by atoms with Gasteiger partial charge < -0.3 is 4.74 Å². The Morgan fingerprint density at radius 3 is 2.95 bits per heavy atom. The third-order valence-electron chi connectivity index (χ3n) is 3.36. The number of hydrogen-bond donors (Lipinski definition) is 0. The van der Waals surface area contributed by atoms with Crippen molar-refractivity contribution in [3.05, 3.63) is 28.1 Å². The monoisotopic (exact) mass is 323 g/mol. The maximum atomic E-state index is 12.6. The molecule has 0 aromatic carbocycles. The van der Waals surface area contributed by atoms with Crippen LogP contribution in [0, 0.1) is 0 Å². The number of hydrogen-bond acceptors (Lipinski definition) is 6. The normalized spacial score (nSPS) is 22.1. The molecule has 2 aliphatic heterocycles. The molecule has 1 fully saturated rings. The zero-order valence-electron chi connectivity index (χ0n) is 11.8. The van der Waals surface area contributed by atoms with Crippen LogP contribution in [0.15, 0.2) is 28.2 Å². The molecule has 3 heterocycles. The van der Waals surface area contributed by atoms with Gasteiger partial charge in [-0.2, -0.15) is 0 Å². The Bertz CT molecular complexity index is 563. The standard InChI is InChI=1S/C14H17N3O2S2/c1-20-14-15-12(9-11-3-2-8-21-11)13(18)17(14)10-16-4-6-19-7-5-16/h2-3,8-9H,4-7,10H2,1H3/b12-9+. The summed E-state index contributed by atoms with van der Waals surface area (Å²) in [6.07, 6.45) is 3.81. The number of thiophene rings is 1. The summed E-state index contributed by atoms with van der Waals surface area (Å²) in [4.78, 5) is 22.1. The molecule has 0 unspecified atom stereocenters. The molecule has 0 spiro atoms. The third kappa shape index (κ3) is 3.37. The summed E-state index contributed by atoms with van der Waals surface area (Å²) in [5, 5.41) is 2.77. The molecule has 112 valence electrons. The molecule has 0 aliphatic carbocycles. The summed E-state index contributed by atoms with van der Waals surface area (Å²) >= 11 is 3.12. The lowest BCUT2D eigenvalue weighted by molar-refractivity contribution is -0.124. The van der Waals surface area contributed by atoms with Gasteiger partial charge in [-0.1, -0.05) is 17.8 Å². The number of carbonyl (C=O) groups excluding carboxylic acids is 1. The van der Waals surface area contributed by atoms with E-state index in [1.165, 1.54) is 11.8 Å². The molecule has 0 N–H and O–H groups in total. The van der Waals surface area contributed by atoms with Crippen LogP contribution in [0.4, 0.5) is 0 Å². The van der Waals surface area contributed by atoms with E-state index in [2.05, 4.69) is 9.89 Å². The van der Waals surface area contributed by atoms with Gasteiger partial charge in [0.2, 0.25) is 0 Å². The van der Waals surface area contributed by atoms with Crippen LogP contribution in [0.1, 0.15) is 4.88 Å². The Morgan fingerprint density at radius 1 is 1.48 bits per heavy atom. The molecule has 0 bridgehead atoms. The molecule has 1 amide bonds. The average Bonchev–Trinajstić information content (AvgIpc) is 3.12. The van der Waals surface area contributed by atoms with Gasteiger partial charge in [-0.15, -0.1) is 11.3 Å². The van der Waals surface area contributed by atoms with E-state index in [9.17, 15) is 4.79 Å². The van der Waals surface area contributed by atoms with Crippen molar-refractivity contribution >= 4 is 40.2 Å². The first-order valence-corrected chi connectivity index (χ1v) is 8.88. The number of amidine groups is 1. The lowest BCUT2D eigenvalue weighted by Crippen LogP contribution is -2.46. The fourth-order valence-electron chi connectivity index (χ4n) is 2.26. The molecular formula is C14H17N3O2S2. The SMILES string of the molecule is CSC1=N/C(=C/c2cccs2)C(=O)N1CN1CCOCC1. The quantitative estimate of drug-likeness (QED) is 0.798. The number of amides is 1. The molecule has 3 rings (SSSR count). The van der Waals surface area contributed by atoms with E-state index in [4.69, 9.17) is 4.74 Å². The van der Waals surface area contributed by atoms with Crippen molar-refractivity contribution in [2.75, 3.05) is 39.2 Å². The van der Waals surface area contributed by atoms with Crippen LogP contribution in [0.2, 0.25) is 0 Å². The fourth-order valence-corrected chi connectivity index (χ4v) is 3.46. The lowest BCUT2D eigenvalue weighted by atomic mass is 10.3. The van der Waals surface area contributed by atoms with Crippen molar-refractivity contribution in [1.29, 1.82) is 0 Å². The molecule has 1 saturated heterocycles. The number of morpholine rings is 1. The molecule has 1 aromatic heterocycles.